The number of pyridine rings is 3. The molecule has 45 heavy (non-hydrogen) atoms. The molecule has 8 nitrogen and oxygen atoms in total. The summed E-state index contributed by atoms with van der Waals surface area (Å²) < 4.78 is 59.2. The Labute approximate surface area is 260 Å². The fraction of sp³-hybridized carbons (Fsp3) is 0.515. The zero-order chi connectivity index (χ0) is 32.4. The van der Waals surface area contributed by atoms with Crippen LogP contribution in [-0.2, 0) is 15.1 Å². The smallest absolute Gasteiger partial charge is 0.313 e. The van der Waals surface area contributed by atoms with Gasteiger partial charge in [-0.1, -0.05) is 0 Å². The molecule has 1 aliphatic heterocycles. The normalized spacial score (nSPS) is 22.4. The number of carbonyl (C=O) groups is 1. The summed E-state index contributed by atoms with van der Waals surface area (Å²) in [5, 5.41) is 14.5. The molecule has 1 atom stereocenters. The number of quaternary nitrogens is 1. The number of ether oxygens (including phenoxy) is 1. The number of nitrogens with one attached hydrogen (secondary N) is 1. The molecule has 0 amide bonds. The van der Waals surface area contributed by atoms with E-state index in [2.05, 4.69) is 20.3 Å². The number of anilines is 2. The predicted molar refractivity (Wildman–Crippen MR) is 161 cm³/mol. The maximum Gasteiger partial charge on any atom is 0.313 e. The number of hydrogen-bond acceptors (Lipinski definition) is 7. The van der Waals surface area contributed by atoms with E-state index in [0.717, 1.165) is 11.1 Å². The van der Waals surface area contributed by atoms with Crippen molar-refractivity contribution in [3.8, 4) is 11.3 Å². The molecule has 4 heterocycles. The number of esters is 1. The average molecular weight is 631 g/mol. The van der Waals surface area contributed by atoms with Gasteiger partial charge in [0, 0.05) is 23.5 Å². The molecule has 2 aliphatic rings. The van der Waals surface area contributed by atoms with Gasteiger partial charge in [0.1, 0.15) is 17.2 Å². The third kappa shape index (κ3) is 7.96. The first-order valence-corrected chi connectivity index (χ1v) is 15.3. The van der Waals surface area contributed by atoms with Gasteiger partial charge >= 0.3 is 5.97 Å². The second-order valence-corrected chi connectivity index (χ2v) is 13.0. The van der Waals surface area contributed by atoms with E-state index in [1.54, 1.807) is 25.3 Å². The predicted octanol–water partition coefficient (Wildman–Crippen LogP) is 6.92. The monoisotopic (exact) mass is 630 g/mol. The molecule has 1 aliphatic carbocycles. The number of aromatic nitrogens is 3. The molecule has 0 aromatic carbocycles. The topological polar surface area (TPSA) is 97.2 Å². The maximum atomic E-state index is 13.5. The van der Waals surface area contributed by atoms with Crippen molar-refractivity contribution in [2.45, 2.75) is 70.3 Å². The number of hydrogen-bond donors (Lipinski definition) is 2. The van der Waals surface area contributed by atoms with Gasteiger partial charge < -0.3 is 15.2 Å². The molecule has 0 bridgehead atoms. The number of piperidine rings is 1. The van der Waals surface area contributed by atoms with Crippen LogP contribution in [0.5, 0.6) is 0 Å². The van der Waals surface area contributed by atoms with Crippen LogP contribution in [-0.4, -0.2) is 63.3 Å². The first-order chi connectivity index (χ1) is 21.2. The highest BCUT2D eigenvalue weighted by Gasteiger charge is 2.43. The molecule has 0 unspecified atom stereocenters. The Morgan fingerprint density at radius 2 is 1.80 bits per heavy atom. The standard InChI is InChI=1S/C33H40F4N5O3/c1-21-16-26(40-29(17-21)41-28-18-23(30(34)35)10-13-38-28)24-6-9-27(39-19-24)32(2,44)25-7-4-22(5-8-25)31(43)45-20-42(3)14-11-33(36,37)12-15-42/h6,9-10,13,16-19,22,25,30,44H,4-5,7-8,11-12,14-15,20H2,1-3H3,(H,38,40,41)/q+1/t22-,25-,32-/m1/s1. The van der Waals surface area contributed by atoms with E-state index in [-0.39, 0.29) is 61.8 Å². The van der Waals surface area contributed by atoms with Crippen LogP contribution >= 0.6 is 0 Å². The van der Waals surface area contributed by atoms with E-state index >= 15 is 0 Å². The van der Waals surface area contributed by atoms with Gasteiger partial charge in [-0.15, -0.1) is 0 Å². The molecule has 242 valence electrons. The SMILES string of the molecule is Cc1cc(Nc2cc(C(F)F)ccn2)nc(-c2ccc([C@](C)(O)[C@H]3CC[C@H](C(=O)OC[N+]4(C)CCC(F)(F)CC4)CC3)nc2)c1. The summed E-state index contributed by atoms with van der Waals surface area (Å²) in [6, 6.07) is 9.82. The van der Waals surface area contributed by atoms with Crippen LogP contribution in [0.15, 0.2) is 48.8 Å². The molecule has 3 aromatic rings. The zero-order valence-electron chi connectivity index (χ0n) is 25.8. The van der Waals surface area contributed by atoms with Crippen molar-refractivity contribution < 1.29 is 36.7 Å². The molecule has 1 saturated carbocycles. The summed E-state index contributed by atoms with van der Waals surface area (Å²) >= 11 is 0. The van der Waals surface area contributed by atoms with E-state index in [9.17, 15) is 27.5 Å². The van der Waals surface area contributed by atoms with Crippen molar-refractivity contribution >= 4 is 17.6 Å². The Morgan fingerprint density at radius 1 is 1.09 bits per heavy atom. The summed E-state index contributed by atoms with van der Waals surface area (Å²) in [7, 11) is 1.84. The van der Waals surface area contributed by atoms with Gasteiger partial charge in [0.25, 0.3) is 12.3 Å². The lowest BCUT2D eigenvalue weighted by Crippen LogP contribution is -2.54. The van der Waals surface area contributed by atoms with Crippen LogP contribution < -0.4 is 5.32 Å². The van der Waals surface area contributed by atoms with E-state index < -0.39 is 17.9 Å². The van der Waals surface area contributed by atoms with E-state index in [1.807, 2.05) is 26.1 Å². The number of likely N-dealkylation sites (tertiary alicyclic amines) is 1. The fourth-order valence-corrected chi connectivity index (χ4v) is 6.18. The molecular formula is C33H40F4N5O3+. The van der Waals surface area contributed by atoms with Gasteiger partial charge in [0.15, 0.2) is 0 Å². The minimum atomic E-state index is -2.64. The van der Waals surface area contributed by atoms with Crippen LogP contribution in [0, 0.1) is 18.8 Å². The number of nitrogens with zero attached hydrogens (tertiary/aromatic N) is 4. The summed E-state index contributed by atoms with van der Waals surface area (Å²) in [6.07, 6.45) is 2.32. The van der Waals surface area contributed by atoms with Gasteiger partial charge in [-0.05, 0) is 87.4 Å². The van der Waals surface area contributed by atoms with E-state index in [0.29, 0.717) is 47.4 Å². The van der Waals surface area contributed by atoms with Gasteiger partial charge in [-0.3, -0.25) is 14.3 Å². The van der Waals surface area contributed by atoms with Gasteiger partial charge in [-0.2, -0.15) is 0 Å². The fourth-order valence-electron chi connectivity index (χ4n) is 6.18. The largest absolute Gasteiger partial charge is 0.415 e. The third-order valence-corrected chi connectivity index (χ3v) is 9.25. The van der Waals surface area contributed by atoms with Crippen molar-refractivity contribution in [3.05, 3.63) is 65.6 Å². The highest BCUT2D eigenvalue weighted by atomic mass is 19.3. The molecule has 5 rings (SSSR count). The highest BCUT2D eigenvalue weighted by molar-refractivity contribution is 5.72. The highest BCUT2D eigenvalue weighted by Crippen LogP contribution is 2.41. The van der Waals surface area contributed by atoms with Crippen molar-refractivity contribution in [1.29, 1.82) is 0 Å². The Hall–Kier alpha value is -3.64. The van der Waals surface area contributed by atoms with Gasteiger partial charge in [0.05, 0.1) is 50.3 Å². The van der Waals surface area contributed by atoms with Crippen LogP contribution in [0.2, 0.25) is 0 Å². The molecule has 3 aromatic heterocycles. The minimum Gasteiger partial charge on any atom is -0.415 e. The van der Waals surface area contributed by atoms with Gasteiger partial charge in [0.2, 0.25) is 6.73 Å². The Balaban J connectivity index is 1.18. The van der Waals surface area contributed by atoms with E-state index in [1.165, 1.54) is 18.3 Å². The summed E-state index contributed by atoms with van der Waals surface area (Å²) in [5.74, 6) is -2.63. The minimum absolute atomic E-state index is 0.0962. The number of alkyl halides is 4. The van der Waals surface area contributed by atoms with Crippen LogP contribution in [0.25, 0.3) is 11.3 Å². The molecule has 2 N–H and O–H groups in total. The van der Waals surface area contributed by atoms with Crippen LogP contribution in [0.3, 0.4) is 0 Å². The summed E-state index contributed by atoms with van der Waals surface area (Å²) in [5.41, 5.74) is 1.38. The van der Waals surface area contributed by atoms with E-state index in [4.69, 9.17) is 4.74 Å². The summed E-state index contributed by atoms with van der Waals surface area (Å²) in [4.78, 5) is 26.1. The summed E-state index contributed by atoms with van der Waals surface area (Å²) in [6.45, 7) is 4.28. The second-order valence-electron chi connectivity index (χ2n) is 13.0. The Kier molecular flexibility index (Phi) is 9.46. The molecular weight excluding hydrogens is 590 g/mol. The Bertz CT molecular complexity index is 1480. The number of aliphatic hydroxyl groups is 1. The van der Waals surface area contributed by atoms with Crippen molar-refractivity contribution in [1.82, 2.24) is 15.0 Å². The first kappa shape index (κ1) is 32.7. The molecule has 0 spiro atoms. The molecule has 12 heteroatoms. The zero-order valence-corrected chi connectivity index (χ0v) is 25.8. The lowest BCUT2D eigenvalue weighted by molar-refractivity contribution is -0.932. The number of rotatable bonds is 9. The van der Waals surface area contributed by atoms with Crippen molar-refractivity contribution in [2.24, 2.45) is 11.8 Å². The number of aryl methyl sites for hydroxylation is 1. The molecule has 1 saturated heterocycles. The quantitative estimate of drug-likeness (QED) is 0.151. The van der Waals surface area contributed by atoms with Crippen molar-refractivity contribution in [2.75, 3.05) is 32.2 Å². The van der Waals surface area contributed by atoms with Gasteiger partial charge in [-0.25, -0.2) is 27.5 Å². The lowest BCUT2D eigenvalue weighted by atomic mass is 9.73. The Morgan fingerprint density at radius 3 is 2.44 bits per heavy atom. The number of halogens is 4. The number of carbonyl (C=O) groups excluding carboxylic acids is 1. The van der Waals surface area contributed by atoms with Crippen LogP contribution in [0.4, 0.5) is 29.2 Å². The lowest BCUT2D eigenvalue weighted by Gasteiger charge is -2.40. The van der Waals surface area contributed by atoms with Crippen LogP contribution in [0.1, 0.15) is 68.7 Å². The molecule has 2 fully saturated rings. The average Bonchev–Trinajstić information content (AvgIpc) is 3.01. The third-order valence-electron chi connectivity index (χ3n) is 9.25. The second kappa shape index (κ2) is 13.0. The first-order valence-electron chi connectivity index (χ1n) is 15.3. The van der Waals surface area contributed by atoms with Crippen molar-refractivity contribution in [3.63, 3.8) is 0 Å². The maximum absolute atomic E-state index is 13.5. The molecule has 0 radical (unpaired) electrons.